The summed E-state index contributed by atoms with van der Waals surface area (Å²) in [5, 5.41) is 16.9. The van der Waals surface area contributed by atoms with E-state index in [1.807, 2.05) is 6.20 Å². The number of hydrogen-bond acceptors (Lipinski definition) is 4. The van der Waals surface area contributed by atoms with Crippen LogP contribution in [0.1, 0.15) is 44.1 Å². The largest absolute Gasteiger partial charge is 0.396 e. The third-order valence-corrected chi connectivity index (χ3v) is 6.61. The summed E-state index contributed by atoms with van der Waals surface area (Å²) >= 11 is 0. The van der Waals surface area contributed by atoms with E-state index in [1.165, 1.54) is 50.8 Å². The van der Waals surface area contributed by atoms with Gasteiger partial charge in [-0.1, -0.05) is 19.3 Å². The number of hydrogen-bond donors (Lipinski definition) is 2. The molecule has 0 spiro atoms. The molecule has 158 valence electrons. The lowest BCUT2D eigenvalue weighted by atomic mass is 9.88. The zero-order chi connectivity index (χ0) is 20.1. The monoisotopic (exact) mass is 400 g/mol. The van der Waals surface area contributed by atoms with Gasteiger partial charge in [0.25, 0.3) is 0 Å². The minimum atomic E-state index is -0.226. The lowest BCUT2D eigenvalue weighted by Crippen LogP contribution is -2.54. The Bertz CT molecular complexity index is 756. The number of rotatable bonds is 7. The minimum Gasteiger partial charge on any atom is -0.396 e. The molecule has 0 unspecified atom stereocenters. The molecule has 2 N–H and O–H groups in total. The van der Waals surface area contributed by atoms with Crippen molar-refractivity contribution >= 4 is 0 Å². The molecular weight excluding hydrogens is 367 g/mol. The van der Waals surface area contributed by atoms with Gasteiger partial charge in [0, 0.05) is 56.5 Å². The summed E-state index contributed by atoms with van der Waals surface area (Å²) in [6, 6.07) is 6.98. The fraction of sp³-hybridized carbons (Fsp3) is 0.609. The van der Waals surface area contributed by atoms with Crippen LogP contribution >= 0.6 is 0 Å². The number of aliphatic hydroxyl groups excluding tert-OH is 1. The lowest BCUT2D eigenvalue weighted by Gasteiger charge is -2.43. The Labute approximate surface area is 172 Å². The van der Waals surface area contributed by atoms with Crippen LogP contribution in [0.5, 0.6) is 0 Å². The summed E-state index contributed by atoms with van der Waals surface area (Å²) < 4.78 is 13.3. The highest BCUT2D eigenvalue weighted by Gasteiger charge is 2.29. The number of nitrogens with one attached hydrogen (secondary N) is 1. The van der Waals surface area contributed by atoms with E-state index in [4.69, 9.17) is 0 Å². The van der Waals surface area contributed by atoms with Crippen molar-refractivity contribution in [3.8, 4) is 11.3 Å². The van der Waals surface area contributed by atoms with Crippen molar-refractivity contribution in [1.82, 2.24) is 20.0 Å². The molecule has 0 bridgehead atoms. The molecule has 2 aromatic rings. The van der Waals surface area contributed by atoms with Gasteiger partial charge >= 0.3 is 0 Å². The van der Waals surface area contributed by atoms with Crippen LogP contribution in [0.4, 0.5) is 4.39 Å². The highest BCUT2D eigenvalue weighted by Crippen LogP contribution is 2.27. The van der Waals surface area contributed by atoms with Crippen LogP contribution in [0.3, 0.4) is 0 Å². The molecule has 4 rings (SSSR count). The summed E-state index contributed by atoms with van der Waals surface area (Å²) in [7, 11) is 0. The number of benzene rings is 1. The first-order valence-corrected chi connectivity index (χ1v) is 11.1. The summed E-state index contributed by atoms with van der Waals surface area (Å²) in [6.45, 7) is 5.31. The van der Waals surface area contributed by atoms with Crippen LogP contribution in [0.25, 0.3) is 11.3 Å². The Morgan fingerprint density at radius 1 is 1.10 bits per heavy atom. The van der Waals surface area contributed by atoms with Gasteiger partial charge in [-0.2, -0.15) is 5.10 Å². The fourth-order valence-electron chi connectivity index (χ4n) is 5.00. The van der Waals surface area contributed by atoms with Crippen molar-refractivity contribution in [3.63, 3.8) is 0 Å². The standard InChI is InChI=1S/C23H33FN4O/c24-21-8-6-19(7-9-21)23-20(14-25-26-23)16-27-11-12-28(22(17-27)10-13-29)15-18-4-2-1-3-5-18/h6-9,14,18,22,29H,1-5,10-13,15-17H2,(H,25,26)/t22-/m0/s1. The molecular formula is C23H33FN4O. The Kier molecular flexibility index (Phi) is 6.95. The summed E-state index contributed by atoms with van der Waals surface area (Å²) in [6.07, 6.45) is 9.59. The SMILES string of the molecule is OCC[C@H]1CN(Cc2cn[nH]c2-c2ccc(F)cc2)CCN1CC1CCCCC1. The molecule has 1 aliphatic heterocycles. The number of piperazine rings is 1. The fourth-order valence-corrected chi connectivity index (χ4v) is 5.00. The molecule has 0 radical (unpaired) electrons. The second kappa shape index (κ2) is 9.83. The molecule has 29 heavy (non-hydrogen) atoms. The molecule has 1 saturated heterocycles. The molecule has 6 heteroatoms. The van der Waals surface area contributed by atoms with Gasteiger partial charge in [0.05, 0.1) is 11.9 Å². The Morgan fingerprint density at radius 3 is 2.66 bits per heavy atom. The maximum absolute atomic E-state index is 13.3. The summed E-state index contributed by atoms with van der Waals surface area (Å²) in [5.41, 5.74) is 3.06. The molecule has 2 fully saturated rings. The molecule has 1 aliphatic carbocycles. The number of nitrogens with zero attached hydrogens (tertiary/aromatic N) is 3. The van der Waals surface area contributed by atoms with Crippen LogP contribution in [-0.4, -0.2) is 63.9 Å². The molecule has 1 atom stereocenters. The van der Waals surface area contributed by atoms with Gasteiger partial charge in [-0.05, 0) is 49.4 Å². The Balaban J connectivity index is 1.39. The van der Waals surface area contributed by atoms with E-state index < -0.39 is 0 Å². The highest BCUT2D eigenvalue weighted by molar-refractivity contribution is 5.62. The second-order valence-corrected chi connectivity index (χ2v) is 8.68. The smallest absolute Gasteiger partial charge is 0.123 e. The summed E-state index contributed by atoms with van der Waals surface area (Å²) in [4.78, 5) is 5.09. The van der Waals surface area contributed by atoms with Crippen LogP contribution < -0.4 is 0 Å². The van der Waals surface area contributed by atoms with Gasteiger partial charge in [0.1, 0.15) is 5.82 Å². The van der Waals surface area contributed by atoms with E-state index in [-0.39, 0.29) is 12.4 Å². The van der Waals surface area contributed by atoms with Gasteiger partial charge in [0.15, 0.2) is 0 Å². The Morgan fingerprint density at radius 2 is 1.90 bits per heavy atom. The normalized spacial score (nSPS) is 22.2. The van der Waals surface area contributed by atoms with Crippen LogP contribution in [0.15, 0.2) is 30.5 Å². The van der Waals surface area contributed by atoms with Crippen molar-refractivity contribution < 1.29 is 9.50 Å². The number of aromatic nitrogens is 2. The molecule has 2 heterocycles. The van der Waals surface area contributed by atoms with Crippen molar-refractivity contribution in [1.29, 1.82) is 0 Å². The predicted molar refractivity (Wildman–Crippen MR) is 113 cm³/mol. The second-order valence-electron chi connectivity index (χ2n) is 8.68. The van der Waals surface area contributed by atoms with E-state index in [0.717, 1.165) is 55.3 Å². The van der Waals surface area contributed by atoms with Gasteiger partial charge in [-0.25, -0.2) is 4.39 Å². The topological polar surface area (TPSA) is 55.4 Å². The van der Waals surface area contributed by atoms with E-state index >= 15 is 0 Å². The van der Waals surface area contributed by atoms with Crippen LogP contribution in [0.2, 0.25) is 0 Å². The van der Waals surface area contributed by atoms with E-state index in [0.29, 0.717) is 6.04 Å². The molecule has 1 aromatic heterocycles. The quantitative estimate of drug-likeness (QED) is 0.745. The first-order chi connectivity index (χ1) is 14.2. The molecule has 2 aliphatic rings. The van der Waals surface area contributed by atoms with E-state index in [1.54, 1.807) is 12.1 Å². The Hall–Kier alpha value is -1.76. The maximum Gasteiger partial charge on any atom is 0.123 e. The average molecular weight is 401 g/mol. The van der Waals surface area contributed by atoms with Crippen molar-refractivity contribution in [3.05, 3.63) is 41.8 Å². The van der Waals surface area contributed by atoms with Crippen molar-refractivity contribution in [2.24, 2.45) is 5.92 Å². The lowest BCUT2D eigenvalue weighted by molar-refractivity contribution is 0.0401. The summed E-state index contributed by atoms with van der Waals surface area (Å²) in [5.74, 6) is 0.603. The minimum absolute atomic E-state index is 0.226. The number of aromatic amines is 1. The van der Waals surface area contributed by atoms with Crippen molar-refractivity contribution in [2.45, 2.75) is 51.1 Å². The van der Waals surface area contributed by atoms with Gasteiger partial charge in [0.2, 0.25) is 0 Å². The number of aliphatic hydroxyl groups is 1. The number of H-pyrrole nitrogens is 1. The van der Waals surface area contributed by atoms with E-state index in [9.17, 15) is 9.50 Å². The van der Waals surface area contributed by atoms with E-state index in [2.05, 4.69) is 20.0 Å². The molecule has 1 saturated carbocycles. The zero-order valence-corrected chi connectivity index (χ0v) is 17.2. The van der Waals surface area contributed by atoms with Gasteiger partial charge < -0.3 is 5.11 Å². The maximum atomic E-state index is 13.3. The zero-order valence-electron chi connectivity index (χ0n) is 17.2. The third kappa shape index (κ3) is 5.24. The average Bonchev–Trinajstić information content (AvgIpc) is 3.19. The first-order valence-electron chi connectivity index (χ1n) is 11.1. The number of halogens is 1. The van der Waals surface area contributed by atoms with Gasteiger partial charge in [-0.15, -0.1) is 0 Å². The third-order valence-electron chi connectivity index (χ3n) is 6.61. The first kappa shape index (κ1) is 20.5. The van der Waals surface area contributed by atoms with Crippen LogP contribution in [-0.2, 0) is 6.54 Å². The predicted octanol–water partition coefficient (Wildman–Crippen LogP) is 3.66. The molecule has 1 aromatic carbocycles. The highest BCUT2D eigenvalue weighted by atomic mass is 19.1. The molecule has 5 nitrogen and oxygen atoms in total. The van der Waals surface area contributed by atoms with Crippen LogP contribution in [0, 0.1) is 11.7 Å². The van der Waals surface area contributed by atoms with Crippen molar-refractivity contribution in [2.75, 3.05) is 32.8 Å². The van der Waals surface area contributed by atoms with Gasteiger partial charge in [-0.3, -0.25) is 14.9 Å². The molecule has 0 amide bonds.